The number of benzene rings is 2. The molecule has 1 fully saturated rings. The van der Waals surface area contributed by atoms with Crippen molar-refractivity contribution in [1.29, 1.82) is 0 Å². The number of nitrogens with zero attached hydrogens (tertiary/aromatic N) is 2. The summed E-state index contributed by atoms with van der Waals surface area (Å²) in [5.74, 6) is 0.0800. The minimum absolute atomic E-state index is 0.151. The minimum Gasteiger partial charge on any atom is -0.484 e. The van der Waals surface area contributed by atoms with Gasteiger partial charge in [0.2, 0.25) is 0 Å². The maximum absolute atomic E-state index is 13.3. The molecule has 10 heteroatoms. The molecular formula is C28H29F3N4O3. The highest BCUT2D eigenvalue weighted by Gasteiger charge is 2.35. The normalized spacial score (nSPS) is 17.0. The van der Waals surface area contributed by atoms with Crippen molar-refractivity contribution >= 4 is 17.5 Å². The summed E-state index contributed by atoms with van der Waals surface area (Å²) in [6, 6.07) is 15.4. The molecule has 2 amide bonds. The van der Waals surface area contributed by atoms with Crippen LogP contribution in [0.4, 0.5) is 18.9 Å². The Balaban J connectivity index is 1.29. The second-order valence-corrected chi connectivity index (χ2v) is 9.91. The van der Waals surface area contributed by atoms with E-state index in [1.807, 2.05) is 24.3 Å². The van der Waals surface area contributed by atoms with Crippen LogP contribution in [0.15, 0.2) is 54.6 Å². The molecule has 0 unspecified atom stereocenters. The number of para-hydroxylation sites is 1. The number of halogens is 3. The summed E-state index contributed by atoms with van der Waals surface area (Å²) in [6.07, 6.45) is 0.424. The Bertz CT molecular complexity index is 1300. The third-order valence-corrected chi connectivity index (χ3v) is 6.80. The predicted molar refractivity (Wildman–Crippen MR) is 135 cm³/mol. The van der Waals surface area contributed by atoms with Crippen LogP contribution in [0.2, 0.25) is 0 Å². The van der Waals surface area contributed by atoms with Crippen LogP contribution in [0.25, 0.3) is 0 Å². The van der Waals surface area contributed by atoms with Crippen molar-refractivity contribution in [3.63, 3.8) is 0 Å². The molecule has 2 aromatic carbocycles. The zero-order valence-electron chi connectivity index (χ0n) is 20.8. The average Bonchev–Trinajstić information content (AvgIpc) is 3.64. The molecule has 0 spiro atoms. The van der Waals surface area contributed by atoms with Crippen LogP contribution in [0.5, 0.6) is 5.75 Å². The van der Waals surface area contributed by atoms with Gasteiger partial charge in [-0.2, -0.15) is 18.3 Å². The Labute approximate surface area is 218 Å². The molecule has 1 saturated carbocycles. The van der Waals surface area contributed by atoms with Gasteiger partial charge in [-0.1, -0.05) is 43.2 Å². The molecule has 1 aliphatic heterocycles. The molecule has 1 atom stereocenters. The van der Waals surface area contributed by atoms with E-state index in [0.717, 1.165) is 12.0 Å². The molecule has 2 aliphatic rings. The molecule has 38 heavy (non-hydrogen) atoms. The first-order valence-electron chi connectivity index (χ1n) is 12.8. The summed E-state index contributed by atoms with van der Waals surface area (Å²) in [5.41, 5.74) is 2.62. The number of carbonyl (C=O) groups is 2. The molecule has 3 aromatic rings. The van der Waals surface area contributed by atoms with Crippen molar-refractivity contribution in [2.45, 2.75) is 57.3 Å². The lowest BCUT2D eigenvalue weighted by Gasteiger charge is -2.23. The van der Waals surface area contributed by atoms with Gasteiger partial charge in [0.05, 0.1) is 11.3 Å². The van der Waals surface area contributed by atoms with Crippen LogP contribution < -0.4 is 15.4 Å². The molecule has 2 heterocycles. The topological polar surface area (TPSA) is 85.2 Å². The number of aryl methyl sites for hydroxylation is 2. The van der Waals surface area contributed by atoms with Gasteiger partial charge in [-0.25, -0.2) is 0 Å². The van der Waals surface area contributed by atoms with E-state index in [0.29, 0.717) is 48.7 Å². The fraction of sp³-hybridized carbons (Fsp3) is 0.393. The molecule has 0 saturated heterocycles. The third-order valence-electron chi connectivity index (χ3n) is 6.80. The number of rotatable bonds is 10. The number of fused-ring (bicyclic) bond motifs is 1. The molecular weight excluding hydrogens is 497 g/mol. The Morgan fingerprint density at radius 1 is 1.11 bits per heavy atom. The molecule has 2 N–H and O–H groups in total. The number of alkyl halides is 3. The van der Waals surface area contributed by atoms with E-state index in [9.17, 15) is 22.8 Å². The fourth-order valence-electron chi connectivity index (χ4n) is 4.72. The lowest BCUT2D eigenvalue weighted by molar-refractivity contribution is -0.153. The van der Waals surface area contributed by atoms with E-state index < -0.39 is 12.8 Å². The molecule has 200 valence electrons. The van der Waals surface area contributed by atoms with Crippen LogP contribution in [0, 0.1) is 5.92 Å². The van der Waals surface area contributed by atoms with Crippen LogP contribution >= 0.6 is 0 Å². The number of hydrogen-bond acceptors (Lipinski definition) is 4. The maximum atomic E-state index is 13.3. The van der Waals surface area contributed by atoms with E-state index in [1.54, 1.807) is 28.9 Å². The first-order valence-corrected chi connectivity index (χ1v) is 12.8. The highest BCUT2D eigenvalue weighted by molar-refractivity contribution is 6.12. The predicted octanol–water partition coefficient (Wildman–Crippen LogP) is 5.16. The van der Waals surface area contributed by atoms with E-state index in [1.165, 1.54) is 18.9 Å². The number of amides is 2. The van der Waals surface area contributed by atoms with Crippen molar-refractivity contribution in [3.8, 4) is 5.75 Å². The fourth-order valence-corrected chi connectivity index (χ4v) is 4.72. The number of carbonyl (C=O) groups excluding carboxylic acids is 2. The second kappa shape index (κ2) is 10.9. The number of hydrogen-bond donors (Lipinski definition) is 2. The van der Waals surface area contributed by atoms with E-state index >= 15 is 0 Å². The number of aromatic nitrogens is 2. The summed E-state index contributed by atoms with van der Waals surface area (Å²) in [5, 5.41) is 10.6. The van der Waals surface area contributed by atoms with Gasteiger partial charge in [0, 0.05) is 24.7 Å². The standard InChI is InChI=1S/C28H29F3N4O3/c29-28(30,31)17-38-22-8-4-5-19(15-22)11-12-21-16-23-24(26(36)33-21)25(35(34-23)14-13-18-9-10-18)27(37)32-20-6-2-1-3-7-20/h1-8,15,18,21H,9-14,16-17H2,(H,32,37)(H,33,36)/t21-/m0/s1. The van der Waals surface area contributed by atoms with Gasteiger partial charge in [0.25, 0.3) is 11.8 Å². The van der Waals surface area contributed by atoms with Gasteiger partial charge in [0.1, 0.15) is 11.4 Å². The summed E-state index contributed by atoms with van der Waals surface area (Å²) in [4.78, 5) is 26.5. The first kappa shape index (κ1) is 25.8. The van der Waals surface area contributed by atoms with Crippen LogP contribution in [0.3, 0.4) is 0 Å². The Hall–Kier alpha value is -3.82. The Morgan fingerprint density at radius 2 is 1.89 bits per heavy atom. The van der Waals surface area contributed by atoms with E-state index in [-0.39, 0.29) is 29.3 Å². The van der Waals surface area contributed by atoms with Crippen LogP contribution in [0.1, 0.15) is 57.8 Å². The number of anilines is 1. The van der Waals surface area contributed by atoms with Crippen LogP contribution in [-0.4, -0.2) is 40.4 Å². The highest BCUT2D eigenvalue weighted by atomic mass is 19.4. The summed E-state index contributed by atoms with van der Waals surface area (Å²) in [6.45, 7) is -0.778. The Kier molecular flexibility index (Phi) is 7.40. The van der Waals surface area contributed by atoms with Gasteiger partial charge < -0.3 is 15.4 Å². The zero-order chi connectivity index (χ0) is 26.7. The van der Waals surface area contributed by atoms with Crippen molar-refractivity contribution in [2.75, 3.05) is 11.9 Å². The summed E-state index contributed by atoms with van der Waals surface area (Å²) in [7, 11) is 0. The smallest absolute Gasteiger partial charge is 0.422 e. The van der Waals surface area contributed by atoms with Crippen LogP contribution in [-0.2, 0) is 19.4 Å². The SMILES string of the molecule is O=C1N[C@@H](CCc2cccc(OCC(F)(F)F)c2)Cc2nn(CCC3CC3)c(C(=O)Nc3ccccc3)c21. The van der Waals surface area contributed by atoms with E-state index in [2.05, 4.69) is 10.6 Å². The largest absolute Gasteiger partial charge is 0.484 e. The second-order valence-electron chi connectivity index (χ2n) is 9.91. The zero-order valence-corrected chi connectivity index (χ0v) is 20.8. The number of nitrogens with one attached hydrogen (secondary N) is 2. The van der Waals surface area contributed by atoms with Crippen molar-refractivity contribution < 1.29 is 27.5 Å². The van der Waals surface area contributed by atoms with Crippen molar-refractivity contribution in [3.05, 3.63) is 77.1 Å². The highest BCUT2D eigenvalue weighted by Crippen LogP contribution is 2.33. The minimum atomic E-state index is -4.40. The maximum Gasteiger partial charge on any atom is 0.422 e. The monoisotopic (exact) mass is 526 g/mol. The van der Waals surface area contributed by atoms with Gasteiger partial charge in [0.15, 0.2) is 6.61 Å². The molecule has 5 rings (SSSR count). The molecule has 1 aliphatic carbocycles. The van der Waals surface area contributed by atoms with Gasteiger partial charge in [-0.3, -0.25) is 14.3 Å². The molecule has 1 aromatic heterocycles. The molecule has 0 radical (unpaired) electrons. The first-order chi connectivity index (χ1) is 18.2. The van der Waals surface area contributed by atoms with Crippen molar-refractivity contribution in [1.82, 2.24) is 15.1 Å². The van der Waals surface area contributed by atoms with Gasteiger partial charge in [-0.15, -0.1) is 0 Å². The van der Waals surface area contributed by atoms with Gasteiger partial charge in [-0.05, 0) is 55.0 Å². The third kappa shape index (κ3) is 6.54. The lowest BCUT2D eigenvalue weighted by atomic mass is 9.95. The molecule has 0 bridgehead atoms. The van der Waals surface area contributed by atoms with Crippen molar-refractivity contribution in [2.24, 2.45) is 5.92 Å². The quantitative estimate of drug-likeness (QED) is 0.382. The van der Waals surface area contributed by atoms with Gasteiger partial charge >= 0.3 is 6.18 Å². The summed E-state index contributed by atoms with van der Waals surface area (Å²) < 4.78 is 43.9. The van der Waals surface area contributed by atoms with E-state index in [4.69, 9.17) is 9.84 Å². The lowest BCUT2D eigenvalue weighted by Crippen LogP contribution is -2.42. The summed E-state index contributed by atoms with van der Waals surface area (Å²) >= 11 is 0. The Morgan fingerprint density at radius 3 is 2.63 bits per heavy atom. The number of ether oxygens (including phenoxy) is 1. The average molecular weight is 527 g/mol. The molecule has 7 nitrogen and oxygen atoms in total.